The molecule has 2 aromatic heterocycles. The molecule has 21 heavy (non-hydrogen) atoms. The molecule has 0 aliphatic heterocycles. The number of hydrogen-bond acceptors (Lipinski definition) is 3. The highest BCUT2D eigenvalue weighted by molar-refractivity contribution is 9.10. The number of nitrogens with zero attached hydrogens (tertiary/aromatic N) is 4. The molecule has 0 unspecified atom stereocenters. The van der Waals surface area contributed by atoms with Crippen molar-refractivity contribution in [2.75, 3.05) is 6.54 Å². The summed E-state index contributed by atoms with van der Waals surface area (Å²) < 4.78 is 5.40. The molecule has 0 bridgehead atoms. The van der Waals surface area contributed by atoms with Gasteiger partial charge >= 0.3 is 0 Å². The van der Waals surface area contributed by atoms with E-state index in [0.29, 0.717) is 0 Å². The lowest BCUT2D eigenvalue weighted by Crippen LogP contribution is -2.18. The Hall–Kier alpha value is -1.14. The van der Waals surface area contributed by atoms with Crippen LogP contribution in [-0.4, -0.2) is 25.9 Å². The van der Waals surface area contributed by atoms with E-state index < -0.39 is 0 Å². The number of aromatic nitrogens is 4. The lowest BCUT2D eigenvalue weighted by molar-refractivity contribution is 0.570. The summed E-state index contributed by atoms with van der Waals surface area (Å²) in [4.78, 5) is 4.45. The molecule has 0 spiro atoms. The SMILES string of the molecule is CCCNCc1nccn1Cc1c(Br)c(CC)nn1CC. The molecule has 2 rings (SSSR count). The largest absolute Gasteiger partial charge is 0.328 e. The number of imidazole rings is 1. The maximum atomic E-state index is 4.65. The van der Waals surface area contributed by atoms with E-state index in [1.165, 1.54) is 5.69 Å². The molecule has 2 aromatic rings. The first-order valence-electron chi connectivity index (χ1n) is 7.65. The van der Waals surface area contributed by atoms with Crippen LogP contribution in [0.4, 0.5) is 0 Å². The summed E-state index contributed by atoms with van der Waals surface area (Å²) in [7, 11) is 0. The van der Waals surface area contributed by atoms with E-state index in [4.69, 9.17) is 0 Å². The topological polar surface area (TPSA) is 47.7 Å². The predicted molar refractivity (Wildman–Crippen MR) is 88.3 cm³/mol. The van der Waals surface area contributed by atoms with Crippen LogP contribution < -0.4 is 5.32 Å². The second-order valence-corrected chi connectivity index (χ2v) is 5.82. The molecular weight excluding hydrogens is 330 g/mol. The van der Waals surface area contributed by atoms with E-state index in [2.05, 4.69) is 61.3 Å². The lowest BCUT2D eigenvalue weighted by atomic mass is 10.3. The van der Waals surface area contributed by atoms with Gasteiger partial charge in [-0.05, 0) is 42.2 Å². The third-order valence-corrected chi connectivity index (χ3v) is 4.44. The van der Waals surface area contributed by atoms with Crippen molar-refractivity contribution in [1.29, 1.82) is 0 Å². The van der Waals surface area contributed by atoms with Crippen LogP contribution in [0.1, 0.15) is 44.4 Å². The van der Waals surface area contributed by atoms with E-state index in [1.54, 1.807) is 0 Å². The Morgan fingerprint density at radius 1 is 1.29 bits per heavy atom. The van der Waals surface area contributed by atoms with Crippen LogP contribution in [0.5, 0.6) is 0 Å². The van der Waals surface area contributed by atoms with Gasteiger partial charge in [0.05, 0.1) is 29.0 Å². The fourth-order valence-corrected chi connectivity index (χ4v) is 3.05. The molecule has 0 saturated carbocycles. The Morgan fingerprint density at radius 3 is 2.76 bits per heavy atom. The van der Waals surface area contributed by atoms with Crippen molar-refractivity contribution >= 4 is 15.9 Å². The van der Waals surface area contributed by atoms with Crippen LogP contribution in [0, 0.1) is 0 Å². The van der Waals surface area contributed by atoms with E-state index >= 15 is 0 Å². The van der Waals surface area contributed by atoms with Crippen LogP contribution in [0.3, 0.4) is 0 Å². The summed E-state index contributed by atoms with van der Waals surface area (Å²) in [5.41, 5.74) is 2.33. The maximum absolute atomic E-state index is 4.65. The molecule has 0 atom stereocenters. The zero-order valence-corrected chi connectivity index (χ0v) is 14.7. The molecule has 0 aliphatic rings. The molecule has 0 aliphatic carbocycles. The lowest BCUT2D eigenvalue weighted by Gasteiger charge is -2.10. The molecule has 5 nitrogen and oxygen atoms in total. The smallest absolute Gasteiger partial charge is 0.123 e. The third-order valence-electron chi connectivity index (χ3n) is 3.53. The van der Waals surface area contributed by atoms with Crippen molar-refractivity contribution in [3.8, 4) is 0 Å². The highest BCUT2D eigenvalue weighted by atomic mass is 79.9. The van der Waals surface area contributed by atoms with Gasteiger partial charge in [0.1, 0.15) is 5.82 Å². The van der Waals surface area contributed by atoms with Crippen molar-refractivity contribution in [2.45, 2.75) is 53.2 Å². The molecule has 2 heterocycles. The number of aryl methyl sites for hydroxylation is 2. The van der Waals surface area contributed by atoms with Gasteiger partial charge in [0.2, 0.25) is 0 Å². The van der Waals surface area contributed by atoms with Crippen LogP contribution >= 0.6 is 15.9 Å². The molecule has 0 fully saturated rings. The van der Waals surface area contributed by atoms with Gasteiger partial charge in [-0.3, -0.25) is 4.68 Å². The van der Waals surface area contributed by atoms with Crippen molar-refractivity contribution in [3.63, 3.8) is 0 Å². The first kappa shape index (κ1) is 16.2. The van der Waals surface area contributed by atoms with Crippen LogP contribution in [0.2, 0.25) is 0 Å². The maximum Gasteiger partial charge on any atom is 0.123 e. The Bertz CT molecular complexity index is 573. The molecular formula is C15H24BrN5. The second kappa shape index (κ2) is 7.75. The van der Waals surface area contributed by atoms with Crippen molar-refractivity contribution in [1.82, 2.24) is 24.6 Å². The Kier molecular flexibility index (Phi) is 5.99. The summed E-state index contributed by atoms with van der Waals surface area (Å²) in [5, 5.41) is 8.06. The number of halogens is 1. The summed E-state index contributed by atoms with van der Waals surface area (Å²) in [6.45, 7) is 9.93. The average molecular weight is 354 g/mol. The van der Waals surface area contributed by atoms with Gasteiger partial charge in [-0.15, -0.1) is 0 Å². The van der Waals surface area contributed by atoms with Gasteiger partial charge in [0, 0.05) is 18.9 Å². The minimum atomic E-state index is 0.796. The van der Waals surface area contributed by atoms with E-state index in [9.17, 15) is 0 Å². The fraction of sp³-hybridized carbons (Fsp3) is 0.600. The second-order valence-electron chi connectivity index (χ2n) is 5.02. The monoisotopic (exact) mass is 353 g/mol. The molecule has 0 radical (unpaired) electrons. The number of rotatable bonds is 8. The molecule has 0 aromatic carbocycles. The standard InChI is InChI=1S/C15H24BrN5/c1-4-7-17-10-14-18-8-9-20(14)11-13-15(16)12(5-2)19-21(13)6-3/h8-9,17H,4-7,10-11H2,1-3H3. The fourth-order valence-electron chi connectivity index (χ4n) is 2.36. The summed E-state index contributed by atoms with van der Waals surface area (Å²) in [6, 6.07) is 0. The van der Waals surface area contributed by atoms with Gasteiger partial charge in [-0.1, -0.05) is 13.8 Å². The molecule has 1 N–H and O–H groups in total. The van der Waals surface area contributed by atoms with Gasteiger partial charge in [0.15, 0.2) is 0 Å². The summed E-state index contributed by atoms with van der Waals surface area (Å²) in [5.74, 6) is 1.07. The van der Waals surface area contributed by atoms with Crippen LogP contribution in [0.25, 0.3) is 0 Å². The van der Waals surface area contributed by atoms with E-state index in [0.717, 1.165) is 55.0 Å². The molecule has 0 saturated heterocycles. The summed E-state index contributed by atoms with van der Waals surface area (Å²) in [6.07, 6.45) is 5.97. The van der Waals surface area contributed by atoms with Crippen molar-refractivity contribution < 1.29 is 0 Å². The summed E-state index contributed by atoms with van der Waals surface area (Å²) >= 11 is 3.70. The van der Waals surface area contributed by atoms with Crippen LogP contribution in [-0.2, 0) is 26.1 Å². The minimum absolute atomic E-state index is 0.796. The zero-order chi connectivity index (χ0) is 15.2. The average Bonchev–Trinajstić information content (AvgIpc) is 3.05. The van der Waals surface area contributed by atoms with Gasteiger partial charge < -0.3 is 9.88 Å². The first-order valence-corrected chi connectivity index (χ1v) is 8.45. The number of nitrogens with one attached hydrogen (secondary N) is 1. The Balaban J connectivity index is 2.18. The first-order chi connectivity index (χ1) is 10.2. The van der Waals surface area contributed by atoms with E-state index in [1.807, 2.05) is 12.4 Å². The Labute approximate surface area is 134 Å². The number of hydrogen-bond donors (Lipinski definition) is 1. The molecule has 116 valence electrons. The minimum Gasteiger partial charge on any atom is -0.328 e. The molecule has 6 heteroatoms. The molecule has 0 amide bonds. The predicted octanol–water partition coefficient (Wildman–Crippen LogP) is 2.97. The van der Waals surface area contributed by atoms with Crippen molar-refractivity contribution in [2.24, 2.45) is 0 Å². The van der Waals surface area contributed by atoms with E-state index in [-0.39, 0.29) is 0 Å². The quantitative estimate of drug-likeness (QED) is 0.742. The van der Waals surface area contributed by atoms with Gasteiger partial charge in [0.25, 0.3) is 0 Å². The van der Waals surface area contributed by atoms with Crippen LogP contribution in [0.15, 0.2) is 16.9 Å². The highest BCUT2D eigenvalue weighted by Gasteiger charge is 2.15. The normalized spacial score (nSPS) is 11.2. The van der Waals surface area contributed by atoms with Crippen molar-refractivity contribution in [3.05, 3.63) is 34.1 Å². The third kappa shape index (κ3) is 3.74. The van der Waals surface area contributed by atoms with Gasteiger partial charge in [-0.2, -0.15) is 5.10 Å². The zero-order valence-electron chi connectivity index (χ0n) is 13.1. The Morgan fingerprint density at radius 2 is 2.10 bits per heavy atom. The highest BCUT2D eigenvalue weighted by Crippen LogP contribution is 2.23. The van der Waals surface area contributed by atoms with Gasteiger partial charge in [-0.25, -0.2) is 4.98 Å².